The van der Waals surface area contributed by atoms with Crippen LogP contribution in [-0.2, 0) is 28.6 Å². The lowest BCUT2D eigenvalue weighted by molar-refractivity contribution is -0.166. The van der Waals surface area contributed by atoms with Gasteiger partial charge in [-0.1, -0.05) is 201 Å². The summed E-state index contributed by atoms with van der Waals surface area (Å²) in [4.78, 5) is 37.9. The Kier molecular flexibility index (Phi) is 47.5. The molecule has 0 aromatic rings. The van der Waals surface area contributed by atoms with Gasteiger partial charge in [-0.3, -0.25) is 14.4 Å². The lowest BCUT2D eigenvalue weighted by Gasteiger charge is -2.18. The first-order chi connectivity index (χ1) is 31.0. The lowest BCUT2D eigenvalue weighted by Crippen LogP contribution is -2.30. The summed E-state index contributed by atoms with van der Waals surface area (Å²) in [6.45, 7) is 6.28. The van der Waals surface area contributed by atoms with Crippen molar-refractivity contribution < 1.29 is 28.6 Å². The highest BCUT2D eigenvalue weighted by molar-refractivity contribution is 5.71. The number of ether oxygens (including phenoxy) is 3. The molecule has 6 heteroatoms. The summed E-state index contributed by atoms with van der Waals surface area (Å²) in [5.41, 5.74) is 0. The Morgan fingerprint density at radius 3 is 1.05 bits per heavy atom. The number of hydrogen-bond acceptors (Lipinski definition) is 6. The third kappa shape index (κ3) is 49.0. The molecule has 0 aliphatic rings. The molecule has 0 amide bonds. The minimum absolute atomic E-state index is 0.116. The Morgan fingerprint density at radius 1 is 0.333 bits per heavy atom. The van der Waals surface area contributed by atoms with Crippen LogP contribution in [0.25, 0.3) is 0 Å². The highest BCUT2D eigenvalue weighted by Crippen LogP contribution is 2.13. The third-order valence-electron chi connectivity index (χ3n) is 10.3. The van der Waals surface area contributed by atoms with E-state index in [1.54, 1.807) is 0 Å². The van der Waals surface area contributed by atoms with Crippen LogP contribution in [0.15, 0.2) is 109 Å². The molecule has 0 aromatic heterocycles. The first-order valence-electron chi connectivity index (χ1n) is 25.4. The predicted octanol–water partition coefficient (Wildman–Crippen LogP) is 16.8. The fourth-order valence-corrected chi connectivity index (χ4v) is 6.49. The molecular formula is C57H92O6. The van der Waals surface area contributed by atoms with Crippen molar-refractivity contribution in [3.8, 4) is 0 Å². The summed E-state index contributed by atoms with van der Waals surface area (Å²) in [5, 5.41) is 0. The predicted molar refractivity (Wildman–Crippen MR) is 270 cm³/mol. The van der Waals surface area contributed by atoms with Crippen molar-refractivity contribution in [1.82, 2.24) is 0 Å². The van der Waals surface area contributed by atoms with Gasteiger partial charge < -0.3 is 14.2 Å². The average molecular weight is 873 g/mol. The maximum absolute atomic E-state index is 12.7. The molecule has 0 heterocycles. The molecule has 0 fully saturated rings. The van der Waals surface area contributed by atoms with Gasteiger partial charge in [0.1, 0.15) is 13.2 Å². The third-order valence-corrected chi connectivity index (χ3v) is 10.3. The van der Waals surface area contributed by atoms with Gasteiger partial charge in [-0.05, 0) is 103 Å². The molecule has 0 N–H and O–H groups in total. The fourth-order valence-electron chi connectivity index (χ4n) is 6.49. The van der Waals surface area contributed by atoms with Crippen LogP contribution in [0.3, 0.4) is 0 Å². The quantitative estimate of drug-likeness (QED) is 0.0263. The van der Waals surface area contributed by atoms with Crippen LogP contribution >= 0.6 is 0 Å². The van der Waals surface area contributed by atoms with E-state index in [0.717, 1.165) is 116 Å². The van der Waals surface area contributed by atoms with E-state index in [-0.39, 0.29) is 31.6 Å². The molecule has 0 saturated carbocycles. The Hall–Kier alpha value is -3.93. The Balaban J connectivity index is 4.46. The largest absolute Gasteiger partial charge is 0.462 e. The zero-order valence-electron chi connectivity index (χ0n) is 40.5. The Bertz CT molecular complexity index is 1330. The summed E-state index contributed by atoms with van der Waals surface area (Å²) in [6, 6.07) is 0. The van der Waals surface area contributed by atoms with Gasteiger partial charge in [0.25, 0.3) is 0 Å². The molecule has 0 aliphatic carbocycles. The fraction of sp³-hybridized carbons (Fsp3) is 0.632. The number of esters is 3. The first kappa shape index (κ1) is 59.1. The molecule has 0 aromatic carbocycles. The highest BCUT2D eigenvalue weighted by atomic mass is 16.6. The van der Waals surface area contributed by atoms with Gasteiger partial charge in [0.15, 0.2) is 6.10 Å². The molecule has 0 spiro atoms. The molecule has 0 aliphatic heterocycles. The first-order valence-corrected chi connectivity index (χ1v) is 25.4. The molecular weight excluding hydrogens is 781 g/mol. The monoisotopic (exact) mass is 873 g/mol. The summed E-state index contributed by atoms with van der Waals surface area (Å²) in [7, 11) is 0. The van der Waals surface area contributed by atoms with Gasteiger partial charge in [-0.15, -0.1) is 0 Å². The van der Waals surface area contributed by atoms with E-state index >= 15 is 0 Å². The van der Waals surface area contributed by atoms with Gasteiger partial charge in [0.2, 0.25) is 0 Å². The van der Waals surface area contributed by atoms with Crippen LogP contribution in [0.2, 0.25) is 0 Å². The van der Waals surface area contributed by atoms with Crippen LogP contribution in [0.5, 0.6) is 0 Å². The molecule has 0 bridgehead atoms. The van der Waals surface area contributed by atoms with Gasteiger partial charge in [-0.25, -0.2) is 0 Å². The number of allylic oxidation sites excluding steroid dienone is 18. The van der Waals surface area contributed by atoms with E-state index in [9.17, 15) is 14.4 Å². The maximum Gasteiger partial charge on any atom is 0.306 e. The number of unbranched alkanes of at least 4 members (excludes halogenated alkanes) is 15. The molecule has 1 atom stereocenters. The molecule has 6 nitrogen and oxygen atoms in total. The average Bonchev–Trinajstić information content (AvgIpc) is 3.28. The van der Waals surface area contributed by atoms with Crippen molar-refractivity contribution in [2.45, 2.75) is 219 Å². The topological polar surface area (TPSA) is 78.9 Å². The van der Waals surface area contributed by atoms with Gasteiger partial charge in [0.05, 0.1) is 0 Å². The molecule has 1 unspecified atom stereocenters. The Labute approximate surface area is 387 Å². The van der Waals surface area contributed by atoms with Crippen molar-refractivity contribution in [3.63, 3.8) is 0 Å². The molecule has 0 saturated heterocycles. The van der Waals surface area contributed by atoms with Crippen molar-refractivity contribution in [3.05, 3.63) is 109 Å². The minimum Gasteiger partial charge on any atom is -0.462 e. The SMILES string of the molecule is CC/C=C\C/C=C\C/C=C\C/C=C\C/C=C\CCC(=O)OC(COC(=O)CCCCCC/C=C\CCCC)COC(=O)CCCCCCCCCCC/C=C\C/C=C\C/C=C\CC. The smallest absolute Gasteiger partial charge is 0.306 e. The summed E-state index contributed by atoms with van der Waals surface area (Å²) >= 11 is 0. The second-order valence-electron chi connectivity index (χ2n) is 16.3. The van der Waals surface area contributed by atoms with Crippen LogP contribution in [0, 0.1) is 0 Å². The number of rotatable bonds is 44. The lowest BCUT2D eigenvalue weighted by atomic mass is 10.1. The molecule has 0 radical (unpaired) electrons. The summed E-state index contributed by atoms with van der Waals surface area (Å²) < 4.78 is 16.7. The zero-order chi connectivity index (χ0) is 45.8. The number of carbonyl (C=O) groups is 3. The van der Waals surface area contributed by atoms with E-state index in [4.69, 9.17) is 14.2 Å². The van der Waals surface area contributed by atoms with Crippen molar-refractivity contribution in [2.24, 2.45) is 0 Å². The second kappa shape index (κ2) is 50.7. The van der Waals surface area contributed by atoms with Crippen LogP contribution in [0.4, 0.5) is 0 Å². The van der Waals surface area contributed by atoms with E-state index in [2.05, 4.69) is 118 Å². The van der Waals surface area contributed by atoms with Crippen LogP contribution in [0.1, 0.15) is 213 Å². The Morgan fingerprint density at radius 2 is 0.651 bits per heavy atom. The molecule has 356 valence electrons. The maximum atomic E-state index is 12.7. The summed E-state index contributed by atoms with van der Waals surface area (Å²) in [5.74, 6) is -1.03. The summed E-state index contributed by atoms with van der Waals surface area (Å²) in [6.07, 6.45) is 68.0. The van der Waals surface area contributed by atoms with Crippen LogP contribution < -0.4 is 0 Å². The molecule has 63 heavy (non-hydrogen) atoms. The van der Waals surface area contributed by atoms with Gasteiger partial charge >= 0.3 is 17.9 Å². The second-order valence-corrected chi connectivity index (χ2v) is 16.3. The highest BCUT2D eigenvalue weighted by Gasteiger charge is 2.19. The van der Waals surface area contributed by atoms with Crippen molar-refractivity contribution in [2.75, 3.05) is 13.2 Å². The zero-order valence-corrected chi connectivity index (χ0v) is 40.5. The number of hydrogen-bond donors (Lipinski definition) is 0. The van der Waals surface area contributed by atoms with Gasteiger partial charge in [-0.2, -0.15) is 0 Å². The normalized spacial score (nSPS) is 13.0. The van der Waals surface area contributed by atoms with Gasteiger partial charge in [0, 0.05) is 19.3 Å². The van der Waals surface area contributed by atoms with Crippen molar-refractivity contribution >= 4 is 17.9 Å². The van der Waals surface area contributed by atoms with E-state index in [0.29, 0.717) is 19.3 Å². The van der Waals surface area contributed by atoms with Crippen molar-refractivity contribution in [1.29, 1.82) is 0 Å². The standard InChI is InChI=1S/C57H92O6/c1-4-7-10-13-16-19-22-24-26-28-29-30-32-33-35-38-41-44-47-50-56(59)62-53-54(52-61-55(58)49-46-43-40-37-21-18-15-12-9-6-3)63-57(60)51-48-45-42-39-36-34-31-27-25-23-20-17-14-11-8-5-2/h7-8,10-11,15-20,24-27,34,36,42,45,54H,4-6,9,12-14,21-23,28-33,35,37-41,43-44,46-53H2,1-3H3/b10-7-,11-8-,18-15-,19-16-,20-17-,26-24-,27-25-,36-34-,45-42-. The minimum atomic E-state index is -0.825. The van der Waals surface area contributed by atoms with Crippen LogP contribution in [-0.4, -0.2) is 37.2 Å². The van der Waals surface area contributed by atoms with E-state index in [1.807, 2.05) is 12.2 Å². The number of carbonyl (C=O) groups excluding carboxylic acids is 3. The van der Waals surface area contributed by atoms with E-state index in [1.165, 1.54) is 51.4 Å². The van der Waals surface area contributed by atoms with E-state index < -0.39 is 12.1 Å². The molecule has 0 rings (SSSR count).